The normalized spacial score (nSPS) is 19.5. The molecule has 1 aliphatic heterocycles. The van der Waals surface area contributed by atoms with Gasteiger partial charge in [0.2, 0.25) is 15.9 Å². The predicted molar refractivity (Wildman–Crippen MR) is 95.4 cm³/mol. The van der Waals surface area contributed by atoms with Gasteiger partial charge in [-0.2, -0.15) is 4.31 Å². The summed E-state index contributed by atoms with van der Waals surface area (Å²) in [5.41, 5.74) is 2.58. The average molecular weight is 353 g/mol. The first-order valence-electron chi connectivity index (χ1n) is 8.51. The molecular formula is C18H28N2O3S. The van der Waals surface area contributed by atoms with Gasteiger partial charge in [0.05, 0.1) is 10.8 Å². The standard InChI is InChI=1S/C18H28N2O3S/c1-12(2)19-18(21)16-7-6-8-20(11-16)24(22,23)17-14(4)9-13(3)10-15(17)5/h9-10,12,16H,6-8,11H2,1-5H3,(H,19,21)/t16-/m0/s1. The second-order valence-corrected chi connectivity index (χ2v) is 8.97. The molecule has 1 aromatic rings. The Morgan fingerprint density at radius 2 is 1.79 bits per heavy atom. The Labute approximate surface area is 145 Å². The number of nitrogens with zero attached hydrogens (tertiary/aromatic N) is 1. The molecule has 1 atom stereocenters. The van der Waals surface area contributed by atoms with Gasteiger partial charge in [-0.05, 0) is 58.6 Å². The second-order valence-electron chi connectivity index (χ2n) is 7.09. The first-order valence-corrected chi connectivity index (χ1v) is 9.95. The lowest BCUT2D eigenvalue weighted by Crippen LogP contribution is -2.46. The fourth-order valence-corrected chi connectivity index (χ4v) is 5.42. The highest BCUT2D eigenvalue weighted by molar-refractivity contribution is 7.89. The number of benzene rings is 1. The lowest BCUT2D eigenvalue weighted by molar-refractivity contribution is -0.126. The molecule has 24 heavy (non-hydrogen) atoms. The van der Waals surface area contributed by atoms with Gasteiger partial charge in [-0.25, -0.2) is 8.42 Å². The van der Waals surface area contributed by atoms with Gasteiger partial charge < -0.3 is 5.32 Å². The Balaban J connectivity index is 2.28. The van der Waals surface area contributed by atoms with E-state index in [0.29, 0.717) is 17.9 Å². The van der Waals surface area contributed by atoms with Gasteiger partial charge in [-0.15, -0.1) is 0 Å². The highest BCUT2D eigenvalue weighted by atomic mass is 32.2. The molecule has 1 heterocycles. The monoisotopic (exact) mass is 352 g/mol. The summed E-state index contributed by atoms with van der Waals surface area (Å²) in [6, 6.07) is 3.85. The Kier molecular flexibility index (Phi) is 5.71. The minimum Gasteiger partial charge on any atom is -0.354 e. The van der Waals surface area contributed by atoms with Crippen molar-refractivity contribution in [3.63, 3.8) is 0 Å². The summed E-state index contributed by atoms with van der Waals surface area (Å²) < 4.78 is 27.7. The van der Waals surface area contributed by atoms with Gasteiger partial charge in [0.25, 0.3) is 0 Å². The molecule has 1 amide bonds. The van der Waals surface area contributed by atoms with E-state index in [1.54, 1.807) is 0 Å². The van der Waals surface area contributed by atoms with E-state index in [1.165, 1.54) is 4.31 Å². The summed E-state index contributed by atoms with van der Waals surface area (Å²) in [4.78, 5) is 12.7. The van der Waals surface area contributed by atoms with Crippen LogP contribution in [0.4, 0.5) is 0 Å². The number of hydrogen-bond donors (Lipinski definition) is 1. The van der Waals surface area contributed by atoms with Crippen molar-refractivity contribution in [3.05, 3.63) is 28.8 Å². The van der Waals surface area contributed by atoms with E-state index in [4.69, 9.17) is 0 Å². The summed E-state index contributed by atoms with van der Waals surface area (Å²) in [5, 5.41) is 2.89. The fraction of sp³-hybridized carbons (Fsp3) is 0.611. The largest absolute Gasteiger partial charge is 0.354 e. The molecule has 0 aromatic heterocycles. The third-order valence-corrected chi connectivity index (χ3v) is 6.56. The first kappa shape index (κ1) is 18.9. The maximum atomic E-state index is 13.1. The molecule has 1 aliphatic rings. The molecule has 0 unspecified atom stereocenters. The van der Waals surface area contributed by atoms with E-state index in [0.717, 1.165) is 23.1 Å². The van der Waals surface area contributed by atoms with Crippen molar-refractivity contribution in [3.8, 4) is 0 Å². The van der Waals surface area contributed by atoms with Crippen molar-refractivity contribution in [1.29, 1.82) is 0 Å². The summed E-state index contributed by atoms with van der Waals surface area (Å²) in [7, 11) is -3.58. The topological polar surface area (TPSA) is 66.5 Å². The van der Waals surface area contributed by atoms with Crippen molar-refractivity contribution in [2.45, 2.75) is 58.4 Å². The predicted octanol–water partition coefficient (Wildman–Crippen LogP) is 2.54. The Hall–Kier alpha value is -1.40. The van der Waals surface area contributed by atoms with Crippen LogP contribution in [-0.4, -0.2) is 37.8 Å². The lowest BCUT2D eigenvalue weighted by Gasteiger charge is -2.32. The quantitative estimate of drug-likeness (QED) is 0.905. The molecule has 1 saturated heterocycles. The number of hydrogen-bond acceptors (Lipinski definition) is 3. The van der Waals surface area contributed by atoms with Crippen LogP contribution in [0, 0.1) is 26.7 Å². The van der Waals surface area contributed by atoms with Crippen LogP contribution in [0.2, 0.25) is 0 Å². The van der Waals surface area contributed by atoms with Gasteiger partial charge in [0.15, 0.2) is 0 Å². The maximum absolute atomic E-state index is 13.1. The number of rotatable bonds is 4. The number of nitrogens with one attached hydrogen (secondary N) is 1. The summed E-state index contributed by atoms with van der Waals surface area (Å²) in [6.45, 7) is 10.2. The van der Waals surface area contributed by atoms with E-state index in [9.17, 15) is 13.2 Å². The van der Waals surface area contributed by atoms with E-state index >= 15 is 0 Å². The lowest BCUT2D eigenvalue weighted by atomic mass is 9.98. The molecule has 0 radical (unpaired) electrons. The van der Waals surface area contributed by atoms with E-state index in [2.05, 4.69) is 5.32 Å². The van der Waals surface area contributed by atoms with Crippen LogP contribution in [0.3, 0.4) is 0 Å². The number of sulfonamides is 1. The highest BCUT2D eigenvalue weighted by Gasteiger charge is 2.34. The third kappa shape index (κ3) is 3.98. The van der Waals surface area contributed by atoms with Crippen molar-refractivity contribution in [2.24, 2.45) is 5.92 Å². The minimum absolute atomic E-state index is 0.0535. The zero-order chi connectivity index (χ0) is 18.1. The van der Waals surface area contributed by atoms with Crippen LogP contribution in [0.15, 0.2) is 17.0 Å². The van der Waals surface area contributed by atoms with E-state index in [-0.39, 0.29) is 24.4 Å². The van der Waals surface area contributed by atoms with Crippen LogP contribution in [0.5, 0.6) is 0 Å². The smallest absolute Gasteiger partial charge is 0.243 e. The Morgan fingerprint density at radius 3 is 2.33 bits per heavy atom. The number of amides is 1. The van der Waals surface area contributed by atoms with Crippen LogP contribution in [0.25, 0.3) is 0 Å². The molecule has 0 spiro atoms. The van der Waals surface area contributed by atoms with Gasteiger partial charge in [0.1, 0.15) is 0 Å². The van der Waals surface area contributed by atoms with Gasteiger partial charge in [0, 0.05) is 19.1 Å². The molecule has 5 nitrogen and oxygen atoms in total. The molecule has 1 N–H and O–H groups in total. The summed E-state index contributed by atoms with van der Waals surface area (Å²) >= 11 is 0. The SMILES string of the molecule is Cc1cc(C)c(S(=O)(=O)N2CCC[C@H](C(=O)NC(C)C)C2)c(C)c1. The number of carbonyl (C=O) groups excluding carboxylic acids is 1. The van der Waals surface area contributed by atoms with Gasteiger partial charge in [-0.3, -0.25) is 4.79 Å². The van der Waals surface area contributed by atoms with Crippen LogP contribution >= 0.6 is 0 Å². The molecule has 0 aliphatic carbocycles. The van der Waals surface area contributed by atoms with Crippen molar-refractivity contribution in [1.82, 2.24) is 9.62 Å². The van der Waals surface area contributed by atoms with Crippen molar-refractivity contribution in [2.75, 3.05) is 13.1 Å². The van der Waals surface area contributed by atoms with E-state index < -0.39 is 10.0 Å². The summed E-state index contributed by atoms with van der Waals surface area (Å²) in [6.07, 6.45) is 1.44. The van der Waals surface area contributed by atoms with Gasteiger partial charge >= 0.3 is 0 Å². The molecule has 1 fully saturated rings. The molecule has 134 valence electrons. The molecule has 6 heteroatoms. The molecular weight excluding hydrogens is 324 g/mol. The van der Waals surface area contributed by atoms with Gasteiger partial charge in [-0.1, -0.05) is 17.7 Å². The van der Waals surface area contributed by atoms with E-state index in [1.807, 2.05) is 46.8 Å². The fourth-order valence-electron chi connectivity index (χ4n) is 3.48. The maximum Gasteiger partial charge on any atom is 0.243 e. The molecule has 0 saturated carbocycles. The zero-order valence-electron chi connectivity index (χ0n) is 15.2. The van der Waals surface area contributed by atoms with Crippen LogP contribution in [0.1, 0.15) is 43.4 Å². The van der Waals surface area contributed by atoms with Crippen molar-refractivity contribution < 1.29 is 13.2 Å². The average Bonchev–Trinajstić information content (AvgIpc) is 2.45. The Morgan fingerprint density at radius 1 is 1.21 bits per heavy atom. The Bertz CT molecular complexity index is 703. The molecule has 2 rings (SSSR count). The highest BCUT2D eigenvalue weighted by Crippen LogP contribution is 2.28. The first-order chi connectivity index (χ1) is 11.1. The summed E-state index contributed by atoms with van der Waals surface area (Å²) in [5.74, 6) is -0.329. The van der Waals surface area contributed by atoms with Crippen LogP contribution in [-0.2, 0) is 14.8 Å². The van der Waals surface area contributed by atoms with Crippen molar-refractivity contribution >= 4 is 15.9 Å². The number of aryl methyl sites for hydroxylation is 3. The number of piperidine rings is 1. The minimum atomic E-state index is -3.58. The van der Waals surface area contributed by atoms with Crippen LogP contribution < -0.4 is 5.32 Å². The third-order valence-electron chi connectivity index (χ3n) is 4.39. The number of carbonyl (C=O) groups is 1. The second kappa shape index (κ2) is 7.23. The molecule has 0 bridgehead atoms. The zero-order valence-corrected chi connectivity index (χ0v) is 16.0. The molecule has 1 aromatic carbocycles.